The molecule has 1 aliphatic rings. The van der Waals surface area contributed by atoms with E-state index in [-0.39, 0.29) is 11.7 Å². The molecule has 0 unspecified atom stereocenters. The maximum Gasteiger partial charge on any atom is 0.231 e. The summed E-state index contributed by atoms with van der Waals surface area (Å²) in [6.07, 6.45) is 9.42. The van der Waals surface area contributed by atoms with Gasteiger partial charge in [0.2, 0.25) is 5.91 Å². The number of carbonyl (C=O) groups is 1. The zero-order valence-corrected chi connectivity index (χ0v) is 20.7. The van der Waals surface area contributed by atoms with Crippen LogP contribution in [0.4, 0.5) is 10.2 Å². The lowest BCUT2D eigenvalue weighted by molar-refractivity contribution is -0.119. The van der Waals surface area contributed by atoms with Gasteiger partial charge in [0.15, 0.2) is 0 Å². The number of piperazine rings is 1. The molecule has 38 heavy (non-hydrogen) atoms. The molecule has 4 aromatic heterocycles. The van der Waals surface area contributed by atoms with Gasteiger partial charge in [0.05, 0.1) is 19.3 Å². The van der Waals surface area contributed by atoms with Gasteiger partial charge < -0.3 is 15.6 Å². The van der Waals surface area contributed by atoms with E-state index >= 15 is 0 Å². The molecule has 0 atom stereocenters. The van der Waals surface area contributed by atoms with E-state index in [1.165, 1.54) is 12.1 Å². The lowest BCUT2D eigenvalue weighted by atomic mass is 10.1. The van der Waals surface area contributed by atoms with Gasteiger partial charge in [-0.3, -0.25) is 14.4 Å². The summed E-state index contributed by atoms with van der Waals surface area (Å²) in [4.78, 5) is 28.0. The van der Waals surface area contributed by atoms with Crippen molar-refractivity contribution in [2.75, 3.05) is 37.6 Å². The summed E-state index contributed by atoms with van der Waals surface area (Å²) < 4.78 is 15.4. The predicted molar refractivity (Wildman–Crippen MR) is 144 cm³/mol. The van der Waals surface area contributed by atoms with Gasteiger partial charge in [-0.15, -0.1) is 0 Å². The van der Waals surface area contributed by atoms with Crippen LogP contribution < -0.4 is 10.6 Å². The molecule has 6 rings (SSSR count). The standard InChI is InChI=1S/C28H27FN8O/c29-23-3-1-2-19(10-23)16-37-17-22(14-34-37)25-15-33-28-24(25)11-21(13-32-28)20-4-5-27(31-12-20)36-8-6-35(7-9-36)18-26(30)38/h1-5,10-15,17H,6-9,16,18H2,(H2,30,38)(H,32,33). The van der Waals surface area contributed by atoms with Gasteiger partial charge >= 0.3 is 0 Å². The minimum Gasteiger partial charge on any atom is -0.369 e. The summed E-state index contributed by atoms with van der Waals surface area (Å²) in [7, 11) is 0. The monoisotopic (exact) mass is 510 g/mol. The Labute approximate surface area is 218 Å². The molecule has 10 heteroatoms. The van der Waals surface area contributed by atoms with Gasteiger partial charge in [0.25, 0.3) is 0 Å². The van der Waals surface area contributed by atoms with Crippen LogP contribution in [0.2, 0.25) is 0 Å². The number of rotatable bonds is 7. The van der Waals surface area contributed by atoms with Crippen LogP contribution in [0.5, 0.6) is 0 Å². The number of aromatic nitrogens is 5. The molecule has 0 saturated carbocycles. The number of nitrogens with two attached hydrogens (primary N) is 1. The Hall–Kier alpha value is -4.57. The number of carbonyl (C=O) groups excluding carboxylic acids is 1. The van der Waals surface area contributed by atoms with Gasteiger partial charge in [-0.05, 0) is 35.9 Å². The van der Waals surface area contributed by atoms with Crippen molar-refractivity contribution in [3.63, 3.8) is 0 Å². The molecule has 0 aliphatic carbocycles. The van der Waals surface area contributed by atoms with Crippen molar-refractivity contribution in [2.24, 2.45) is 5.73 Å². The summed E-state index contributed by atoms with van der Waals surface area (Å²) in [5, 5.41) is 5.47. The minimum atomic E-state index is -0.296. The molecule has 1 amide bonds. The number of anilines is 1. The van der Waals surface area contributed by atoms with Crippen molar-refractivity contribution >= 4 is 22.8 Å². The van der Waals surface area contributed by atoms with E-state index in [2.05, 4.69) is 37.0 Å². The van der Waals surface area contributed by atoms with Crippen LogP contribution in [0.25, 0.3) is 33.3 Å². The Balaban J connectivity index is 1.19. The van der Waals surface area contributed by atoms with Crippen molar-refractivity contribution in [3.8, 4) is 22.3 Å². The van der Waals surface area contributed by atoms with Crippen LogP contribution in [0.15, 0.2) is 73.4 Å². The third-order valence-corrected chi connectivity index (χ3v) is 6.87. The normalized spacial score (nSPS) is 14.3. The predicted octanol–water partition coefficient (Wildman–Crippen LogP) is 3.28. The van der Waals surface area contributed by atoms with Gasteiger partial charge in [-0.2, -0.15) is 5.10 Å². The summed E-state index contributed by atoms with van der Waals surface area (Å²) in [5.74, 6) is 0.361. The van der Waals surface area contributed by atoms with E-state index < -0.39 is 0 Å². The second-order valence-corrected chi connectivity index (χ2v) is 9.51. The highest BCUT2D eigenvalue weighted by atomic mass is 19.1. The Kier molecular flexibility index (Phi) is 6.30. The number of nitrogens with zero attached hydrogens (tertiary/aromatic N) is 6. The first-order valence-corrected chi connectivity index (χ1v) is 12.5. The number of halogens is 1. The highest BCUT2D eigenvalue weighted by molar-refractivity contribution is 5.95. The first-order chi connectivity index (χ1) is 18.5. The molecular weight excluding hydrogens is 483 g/mol. The Morgan fingerprint density at radius 2 is 1.82 bits per heavy atom. The third kappa shape index (κ3) is 4.98. The highest BCUT2D eigenvalue weighted by Crippen LogP contribution is 2.31. The molecule has 1 aromatic carbocycles. The summed E-state index contributed by atoms with van der Waals surface area (Å²) >= 11 is 0. The quantitative estimate of drug-likeness (QED) is 0.348. The van der Waals surface area contributed by atoms with Crippen LogP contribution in [0.3, 0.4) is 0 Å². The zero-order chi connectivity index (χ0) is 26.1. The Bertz CT molecular complexity index is 1580. The highest BCUT2D eigenvalue weighted by Gasteiger charge is 2.19. The number of amides is 1. The van der Waals surface area contributed by atoms with Crippen molar-refractivity contribution in [2.45, 2.75) is 6.54 Å². The number of benzene rings is 1. The van der Waals surface area contributed by atoms with E-state index in [4.69, 9.17) is 10.7 Å². The van der Waals surface area contributed by atoms with Crippen LogP contribution in [-0.2, 0) is 11.3 Å². The largest absolute Gasteiger partial charge is 0.369 e. The molecule has 3 N–H and O–H groups in total. The molecule has 0 radical (unpaired) electrons. The van der Waals surface area contributed by atoms with E-state index in [0.29, 0.717) is 13.1 Å². The number of hydrogen-bond donors (Lipinski definition) is 2. The lowest BCUT2D eigenvalue weighted by Crippen LogP contribution is -2.49. The average Bonchev–Trinajstić information content (AvgIpc) is 3.55. The minimum absolute atomic E-state index is 0.254. The fourth-order valence-electron chi connectivity index (χ4n) is 4.91. The maximum absolute atomic E-state index is 13.6. The molecule has 0 spiro atoms. The van der Waals surface area contributed by atoms with E-state index in [0.717, 1.165) is 70.8 Å². The molecule has 1 aliphatic heterocycles. The summed E-state index contributed by atoms with van der Waals surface area (Å²) in [6.45, 7) is 3.94. The van der Waals surface area contributed by atoms with Crippen molar-refractivity contribution in [3.05, 3.63) is 84.8 Å². The smallest absolute Gasteiger partial charge is 0.231 e. The number of pyridine rings is 2. The molecule has 1 fully saturated rings. The van der Waals surface area contributed by atoms with Crippen molar-refractivity contribution in [1.82, 2.24) is 29.6 Å². The second-order valence-electron chi connectivity index (χ2n) is 9.51. The number of fused-ring (bicyclic) bond motifs is 1. The fourth-order valence-corrected chi connectivity index (χ4v) is 4.91. The second kappa shape index (κ2) is 10.1. The van der Waals surface area contributed by atoms with Gasteiger partial charge in [0.1, 0.15) is 17.3 Å². The molecule has 0 bridgehead atoms. The van der Waals surface area contributed by atoms with E-state index in [1.807, 2.05) is 43.1 Å². The molecule has 5 heterocycles. The maximum atomic E-state index is 13.6. The number of hydrogen-bond acceptors (Lipinski definition) is 6. The van der Waals surface area contributed by atoms with Crippen LogP contribution in [-0.4, -0.2) is 68.3 Å². The number of H-pyrrole nitrogens is 1. The van der Waals surface area contributed by atoms with E-state index in [9.17, 15) is 9.18 Å². The molecule has 9 nitrogen and oxygen atoms in total. The summed E-state index contributed by atoms with van der Waals surface area (Å²) in [5.41, 5.74) is 10.9. The van der Waals surface area contributed by atoms with Crippen LogP contribution in [0.1, 0.15) is 5.56 Å². The van der Waals surface area contributed by atoms with Crippen molar-refractivity contribution < 1.29 is 9.18 Å². The number of nitrogens with one attached hydrogen (secondary N) is 1. The molecular formula is C28H27FN8O. The molecule has 5 aromatic rings. The van der Waals surface area contributed by atoms with Gasteiger partial charge in [-0.1, -0.05) is 12.1 Å². The first kappa shape index (κ1) is 23.8. The molecule has 1 saturated heterocycles. The summed E-state index contributed by atoms with van der Waals surface area (Å²) in [6, 6.07) is 12.7. The average molecular weight is 511 g/mol. The Morgan fingerprint density at radius 3 is 2.58 bits per heavy atom. The van der Waals surface area contributed by atoms with Gasteiger partial charge in [0, 0.05) is 78.6 Å². The van der Waals surface area contributed by atoms with Crippen LogP contribution >= 0.6 is 0 Å². The zero-order valence-electron chi connectivity index (χ0n) is 20.7. The SMILES string of the molecule is NC(=O)CN1CCN(c2ccc(-c3cnc4[nH]cc(-c5cnn(Cc6cccc(F)c6)c5)c4c3)cn2)CC1. The first-order valence-electron chi connectivity index (χ1n) is 12.5. The number of aromatic amines is 1. The number of primary amides is 1. The Morgan fingerprint density at radius 1 is 0.974 bits per heavy atom. The molecule has 192 valence electrons. The lowest BCUT2D eigenvalue weighted by Gasteiger charge is -2.34. The van der Waals surface area contributed by atoms with E-state index in [1.54, 1.807) is 10.7 Å². The third-order valence-electron chi connectivity index (χ3n) is 6.87. The van der Waals surface area contributed by atoms with Crippen molar-refractivity contribution in [1.29, 1.82) is 0 Å². The van der Waals surface area contributed by atoms with Crippen LogP contribution in [0, 0.1) is 5.82 Å². The topological polar surface area (TPSA) is 109 Å². The fraction of sp³-hybridized carbons (Fsp3) is 0.214. The van der Waals surface area contributed by atoms with Gasteiger partial charge in [-0.25, -0.2) is 14.4 Å².